The number of nitrogens with zero attached hydrogens (tertiary/aromatic N) is 2. The highest BCUT2D eigenvalue weighted by molar-refractivity contribution is 6.17. The van der Waals surface area contributed by atoms with Gasteiger partial charge in [0.2, 0.25) is 0 Å². The Morgan fingerprint density at radius 3 is 0.865 bits per heavy atom. The molecule has 0 amide bonds. The van der Waals surface area contributed by atoms with Crippen LogP contribution in [0.2, 0.25) is 0 Å². The molecule has 0 saturated heterocycles. The standard InChI is InChI=1S/C69H47NO.C60H39NO/c1-69(2)63-30-13-12-25-57(63)58-34-31-50(43-64(58)69)48-32-35-65-61(41-48)62-42-49(33-36-66(62)70(65)54-23-10-5-11-24-54)52-38-51(47-22-14-21-46(37-47)44-17-6-3-7-18-44)39-53(40-52)56-27-16-29-60-59-28-15-26-55(67(59)71-68(56)60)45-19-8-4-9-20-45;1-4-16-40(17-5-1)43-22-12-23-44(34-43)47-35-48(37-49(36-47)52-28-15-30-55-54-29-14-27-51(59(54)62-60(52)55)42-20-8-3-9-21-42)46-32-33-58-56(39-46)53-26-10-11-31-57(53)61(58)50-25-13-24-45(38-50)41-18-6-2-7-19-41/h3-43H,1-2H3;1-39H. The fourth-order valence-corrected chi connectivity index (χ4v) is 21.0. The number of hydrogen-bond acceptors (Lipinski definition) is 2. The van der Waals surface area contributed by atoms with Gasteiger partial charge in [-0.05, 0) is 255 Å². The molecule has 0 bridgehead atoms. The topological polar surface area (TPSA) is 36.1 Å². The lowest BCUT2D eigenvalue weighted by Crippen LogP contribution is -2.14. The van der Waals surface area contributed by atoms with Crippen molar-refractivity contribution in [1.82, 2.24) is 9.13 Å². The van der Waals surface area contributed by atoms with E-state index in [9.17, 15) is 0 Å². The monoisotopic (exact) mass is 1690 g/mol. The van der Waals surface area contributed by atoms with Crippen LogP contribution in [-0.4, -0.2) is 9.13 Å². The normalized spacial score (nSPS) is 12.2. The molecule has 4 nitrogen and oxygen atoms in total. The van der Waals surface area contributed by atoms with Crippen molar-refractivity contribution in [1.29, 1.82) is 0 Å². The minimum absolute atomic E-state index is 0.0818. The Morgan fingerprint density at radius 2 is 0.414 bits per heavy atom. The molecule has 4 heterocycles. The minimum atomic E-state index is -0.0818. The summed E-state index contributed by atoms with van der Waals surface area (Å²) in [4.78, 5) is 0. The van der Waals surface area contributed by atoms with E-state index >= 15 is 0 Å². The molecule has 0 unspecified atom stereocenters. The van der Waals surface area contributed by atoms with Crippen LogP contribution in [-0.2, 0) is 5.41 Å². The van der Waals surface area contributed by atoms with Crippen molar-refractivity contribution in [3.63, 3.8) is 0 Å². The number of benzene rings is 21. The van der Waals surface area contributed by atoms with Crippen LogP contribution >= 0.6 is 0 Å². The molecule has 133 heavy (non-hydrogen) atoms. The van der Waals surface area contributed by atoms with Gasteiger partial charge in [0.25, 0.3) is 0 Å². The SMILES string of the molecule is CC1(C)c2ccccc2-c2ccc(-c3ccc4c(c3)c3cc(-c5cc(-c6cccc(-c7ccccc7)c6)cc(-c6cccc7c6oc6c(-c8ccccc8)cccc67)c5)ccc3n4-c3ccccc3)cc21.c1ccc(-c2cccc(-c3cc(-c4ccc5c(c4)c4ccccc4n5-c4cccc(-c5ccccc5)c4)cc(-c4cccc5c4oc4c(-c6ccccc6)cccc45)c3)c2)cc1. The Kier molecular flexibility index (Phi) is 18.9. The van der Waals surface area contributed by atoms with E-state index in [-0.39, 0.29) is 5.41 Å². The lowest BCUT2D eigenvalue weighted by molar-refractivity contribution is 0.660. The van der Waals surface area contributed by atoms with Gasteiger partial charge in [-0.25, -0.2) is 0 Å². The Morgan fingerprint density at radius 1 is 0.150 bits per heavy atom. The fourth-order valence-electron chi connectivity index (χ4n) is 21.0. The largest absolute Gasteiger partial charge is 0.455 e. The Balaban J connectivity index is 0.000000144. The molecule has 0 aliphatic heterocycles. The average molecular weight is 1700 g/mol. The van der Waals surface area contributed by atoms with Crippen molar-refractivity contribution in [3.05, 3.63) is 496 Å². The van der Waals surface area contributed by atoms with Crippen molar-refractivity contribution in [2.75, 3.05) is 0 Å². The summed E-state index contributed by atoms with van der Waals surface area (Å²) in [7, 11) is 0. The molecule has 4 aromatic heterocycles. The fraction of sp³-hybridized carbons (Fsp3) is 0.0233. The predicted octanol–water partition coefficient (Wildman–Crippen LogP) is 35.7. The minimum Gasteiger partial charge on any atom is -0.455 e. The van der Waals surface area contributed by atoms with Gasteiger partial charge < -0.3 is 18.0 Å². The van der Waals surface area contributed by atoms with Gasteiger partial charge >= 0.3 is 0 Å². The highest BCUT2D eigenvalue weighted by atomic mass is 16.3. The van der Waals surface area contributed by atoms with Gasteiger partial charge in [-0.2, -0.15) is 0 Å². The zero-order valence-electron chi connectivity index (χ0n) is 73.4. The van der Waals surface area contributed by atoms with Crippen LogP contribution in [0.1, 0.15) is 25.0 Å². The Hall–Kier alpha value is -17.2. The molecular weight excluding hydrogens is 1610 g/mol. The highest BCUT2D eigenvalue weighted by Crippen LogP contribution is 2.52. The number of fused-ring (bicyclic) bond motifs is 15. The summed E-state index contributed by atoms with van der Waals surface area (Å²) < 4.78 is 18.8. The van der Waals surface area contributed by atoms with E-state index in [2.05, 4.69) is 508 Å². The first-order valence-corrected chi connectivity index (χ1v) is 45.9. The molecule has 25 aromatic rings. The van der Waals surface area contributed by atoms with Gasteiger partial charge in [0.15, 0.2) is 0 Å². The van der Waals surface area contributed by atoms with Gasteiger partial charge in [0, 0.05) is 82.1 Å². The molecule has 4 heteroatoms. The molecule has 1 aliphatic carbocycles. The van der Waals surface area contributed by atoms with Crippen LogP contribution in [0.15, 0.2) is 494 Å². The van der Waals surface area contributed by atoms with Gasteiger partial charge in [-0.1, -0.05) is 378 Å². The lowest BCUT2D eigenvalue weighted by Gasteiger charge is -2.22. The van der Waals surface area contributed by atoms with E-state index in [1.807, 2.05) is 0 Å². The quantitative estimate of drug-likeness (QED) is 0.109. The summed E-state index contributed by atoms with van der Waals surface area (Å²) >= 11 is 0. The van der Waals surface area contributed by atoms with Gasteiger partial charge in [-0.3, -0.25) is 0 Å². The maximum Gasteiger partial charge on any atom is 0.143 e. The van der Waals surface area contributed by atoms with Crippen molar-refractivity contribution >= 4 is 87.5 Å². The number of rotatable bonds is 14. The molecular formula is C129H86N2O2. The molecule has 1 aliphatic rings. The Labute approximate surface area is 771 Å². The van der Waals surface area contributed by atoms with Crippen LogP contribution in [0.3, 0.4) is 0 Å². The first kappa shape index (κ1) is 78.1. The highest BCUT2D eigenvalue weighted by Gasteiger charge is 2.36. The van der Waals surface area contributed by atoms with Crippen molar-refractivity contribution in [2.45, 2.75) is 19.3 Å². The van der Waals surface area contributed by atoms with E-state index in [0.717, 1.165) is 144 Å². The van der Waals surface area contributed by atoms with Gasteiger partial charge in [0.1, 0.15) is 22.3 Å². The molecule has 0 fully saturated rings. The van der Waals surface area contributed by atoms with E-state index in [1.54, 1.807) is 0 Å². The molecule has 21 aromatic carbocycles. The summed E-state index contributed by atoms with van der Waals surface area (Å²) in [5.41, 5.74) is 43.6. The van der Waals surface area contributed by atoms with Gasteiger partial charge in [0.05, 0.1) is 22.1 Å². The second kappa shape index (κ2) is 32.2. The van der Waals surface area contributed by atoms with Crippen molar-refractivity contribution in [3.8, 4) is 156 Å². The molecule has 0 radical (unpaired) electrons. The molecule has 0 spiro atoms. The average Bonchev–Trinajstić information content (AvgIpc) is 1.40. The summed E-state index contributed by atoms with van der Waals surface area (Å²) in [5.74, 6) is 0. The third kappa shape index (κ3) is 13.7. The molecule has 0 saturated carbocycles. The smallest absolute Gasteiger partial charge is 0.143 e. The summed E-state index contributed by atoms with van der Waals surface area (Å²) in [6, 6.07) is 176. The van der Waals surface area contributed by atoms with E-state index in [0.29, 0.717) is 0 Å². The second-order valence-corrected chi connectivity index (χ2v) is 35.7. The van der Waals surface area contributed by atoms with Crippen molar-refractivity contribution < 1.29 is 8.83 Å². The number of aromatic nitrogens is 2. The van der Waals surface area contributed by atoms with Crippen molar-refractivity contribution in [2.24, 2.45) is 0 Å². The van der Waals surface area contributed by atoms with Crippen LogP contribution < -0.4 is 0 Å². The van der Waals surface area contributed by atoms with Crippen LogP contribution in [0.25, 0.3) is 244 Å². The maximum absolute atomic E-state index is 7.04. The van der Waals surface area contributed by atoms with E-state index in [4.69, 9.17) is 8.83 Å². The molecule has 0 atom stereocenters. The molecule has 0 N–H and O–H groups in total. The predicted molar refractivity (Wildman–Crippen MR) is 559 cm³/mol. The van der Waals surface area contributed by atoms with Crippen LogP contribution in [0.5, 0.6) is 0 Å². The zero-order valence-corrected chi connectivity index (χ0v) is 73.4. The number of hydrogen-bond donors (Lipinski definition) is 0. The number of para-hydroxylation sites is 6. The molecule has 624 valence electrons. The lowest BCUT2D eigenvalue weighted by atomic mass is 9.81. The Bertz CT molecular complexity index is 8880. The van der Waals surface area contributed by atoms with Crippen LogP contribution in [0.4, 0.5) is 0 Å². The van der Waals surface area contributed by atoms with E-state index in [1.165, 1.54) is 110 Å². The third-order valence-electron chi connectivity index (χ3n) is 27.6. The number of furan rings is 2. The third-order valence-corrected chi connectivity index (χ3v) is 27.6. The summed E-state index contributed by atoms with van der Waals surface area (Å²) in [5, 5.41) is 9.32. The zero-order chi connectivity index (χ0) is 88.2. The summed E-state index contributed by atoms with van der Waals surface area (Å²) in [6.45, 7) is 4.72. The van der Waals surface area contributed by atoms with E-state index < -0.39 is 0 Å². The second-order valence-electron chi connectivity index (χ2n) is 35.7. The maximum atomic E-state index is 7.04. The summed E-state index contributed by atoms with van der Waals surface area (Å²) in [6.07, 6.45) is 0. The van der Waals surface area contributed by atoms with Crippen LogP contribution in [0, 0.1) is 0 Å². The molecule has 26 rings (SSSR count). The van der Waals surface area contributed by atoms with Gasteiger partial charge in [-0.15, -0.1) is 0 Å². The first-order chi connectivity index (χ1) is 65.7. The first-order valence-electron chi connectivity index (χ1n) is 45.9.